The van der Waals surface area contributed by atoms with Gasteiger partial charge in [0, 0.05) is 26.0 Å². The maximum atomic E-state index is 14.2. The van der Waals surface area contributed by atoms with Crippen molar-refractivity contribution in [3.8, 4) is 5.75 Å². The lowest BCUT2D eigenvalue weighted by Gasteiger charge is -2.22. The predicted molar refractivity (Wildman–Crippen MR) is 112 cm³/mol. The van der Waals surface area contributed by atoms with Crippen molar-refractivity contribution in [1.82, 2.24) is 24.8 Å². The first-order valence-electron chi connectivity index (χ1n) is 9.98. The SMILES string of the molecule is CNc1cc2nc3c1ncn3C(=O)NC1C[C@@H](F)C[C@H]1OCc1cc(c(OC)cn1)N2. The summed E-state index contributed by atoms with van der Waals surface area (Å²) < 4.78 is 26.8. The monoisotopic (exact) mass is 427 g/mol. The van der Waals surface area contributed by atoms with Crippen LogP contribution in [0.25, 0.3) is 11.2 Å². The van der Waals surface area contributed by atoms with Crippen LogP contribution in [0.1, 0.15) is 18.5 Å². The van der Waals surface area contributed by atoms with Crippen molar-refractivity contribution in [3.63, 3.8) is 0 Å². The van der Waals surface area contributed by atoms with Crippen molar-refractivity contribution >= 4 is 34.4 Å². The second kappa shape index (κ2) is 7.65. The van der Waals surface area contributed by atoms with E-state index in [-0.39, 0.29) is 19.4 Å². The Bertz CT molecular complexity index is 1150. The first kappa shape index (κ1) is 19.5. The van der Waals surface area contributed by atoms with E-state index in [0.29, 0.717) is 39.8 Å². The quantitative estimate of drug-likeness (QED) is 0.572. The summed E-state index contributed by atoms with van der Waals surface area (Å²) in [6.45, 7) is 0.174. The molecule has 3 aromatic rings. The number of carbonyl (C=O) groups is 1. The molecule has 0 spiro atoms. The van der Waals surface area contributed by atoms with E-state index in [9.17, 15) is 9.18 Å². The number of pyridine rings is 2. The highest BCUT2D eigenvalue weighted by molar-refractivity contribution is 5.94. The van der Waals surface area contributed by atoms with Crippen LogP contribution < -0.4 is 20.7 Å². The first-order chi connectivity index (χ1) is 15.1. The van der Waals surface area contributed by atoms with Crippen molar-refractivity contribution in [2.75, 3.05) is 24.8 Å². The lowest BCUT2D eigenvalue weighted by Crippen LogP contribution is -2.43. The van der Waals surface area contributed by atoms with Crippen molar-refractivity contribution in [1.29, 1.82) is 0 Å². The predicted octanol–water partition coefficient (Wildman–Crippen LogP) is 2.58. The van der Waals surface area contributed by atoms with E-state index < -0.39 is 24.3 Å². The van der Waals surface area contributed by atoms with E-state index in [2.05, 4.69) is 30.9 Å². The van der Waals surface area contributed by atoms with E-state index in [1.165, 1.54) is 10.9 Å². The van der Waals surface area contributed by atoms with Crippen molar-refractivity contribution in [2.24, 2.45) is 0 Å². The van der Waals surface area contributed by atoms with Gasteiger partial charge in [-0.25, -0.2) is 23.7 Å². The van der Waals surface area contributed by atoms with Gasteiger partial charge in [-0.15, -0.1) is 0 Å². The summed E-state index contributed by atoms with van der Waals surface area (Å²) in [7, 11) is 3.32. The average Bonchev–Trinajstić information content (AvgIpc) is 3.34. The van der Waals surface area contributed by atoms with Crippen LogP contribution in [0.3, 0.4) is 0 Å². The molecule has 1 amide bonds. The number of rotatable bonds is 2. The summed E-state index contributed by atoms with van der Waals surface area (Å²) in [6.07, 6.45) is 1.89. The zero-order valence-electron chi connectivity index (χ0n) is 17.1. The molecular formula is C20H22FN7O3. The van der Waals surface area contributed by atoms with E-state index in [0.717, 1.165) is 0 Å². The normalized spacial score (nSPS) is 23.1. The number of hydrogen-bond donors (Lipinski definition) is 3. The molecule has 1 aliphatic carbocycles. The summed E-state index contributed by atoms with van der Waals surface area (Å²) in [5.41, 5.74) is 2.89. The van der Waals surface area contributed by atoms with E-state index >= 15 is 0 Å². The van der Waals surface area contributed by atoms with E-state index in [4.69, 9.17) is 9.47 Å². The standard InChI is InChI=1S/C20H22FN7O3/c1-22-14-6-17-25-13-5-11(23-7-16(13)30-2)8-31-15-4-10(21)3-12(15)26-20(29)28-9-24-18(14)19(28)27-17/h5-7,9-10,12,15H,3-4,8H2,1-2H3,(H,26,29)(H2,22,25,27)/t10-,12?,15-/m1/s1. The Kier molecular flexibility index (Phi) is 4.81. The van der Waals surface area contributed by atoms with Crippen LogP contribution >= 0.6 is 0 Å². The molecule has 1 unspecified atom stereocenters. The maximum absolute atomic E-state index is 14.2. The zero-order valence-corrected chi connectivity index (χ0v) is 17.1. The third-order valence-corrected chi connectivity index (χ3v) is 5.60. The molecule has 162 valence electrons. The second-order valence-corrected chi connectivity index (χ2v) is 7.57. The average molecular weight is 427 g/mol. The summed E-state index contributed by atoms with van der Waals surface area (Å²) in [5.74, 6) is 1.01. The number of hydrogen-bond acceptors (Lipinski definition) is 8. The number of anilines is 3. The molecule has 31 heavy (non-hydrogen) atoms. The van der Waals surface area contributed by atoms with Crippen LogP contribution in [0.15, 0.2) is 24.7 Å². The smallest absolute Gasteiger partial charge is 0.328 e. The Balaban J connectivity index is 1.66. The molecule has 10 nitrogen and oxygen atoms in total. The molecule has 1 aliphatic heterocycles. The Labute approximate surface area is 177 Å². The highest BCUT2D eigenvalue weighted by Gasteiger charge is 2.37. The third-order valence-electron chi connectivity index (χ3n) is 5.60. The van der Waals surface area contributed by atoms with Crippen LogP contribution in [0.4, 0.5) is 26.4 Å². The van der Waals surface area contributed by atoms with Gasteiger partial charge in [-0.1, -0.05) is 0 Å². The number of alkyl halides is 1. The number of methoxy groups -OCH3 is 1. The Morgan fingerprint density at radius 2 is 2.19 bits per heavy atom. The van der Waals surface area contributed by atoms with Gasteiger partial charge in [-0.2, -0.15) is 0 Å². The molecular weight excluding hydrogens is 405 g/mol. The Morgan fingerprint density at radius 1 is 1.32 bits per heavy atom. The van der Waals surface area contributed by atoms with Gasteiger partial charge in [0.2, 0.25) is 0 Å². The van der Waals surface area contributed by atoms with Gasteiger partial charge < -0.3 is 25.4 Å². The van der Waals surface area contributed by atoms with Crippen LogP contribution in [-0.2, 0) is 11.3 Å². The summed E-state index contributed by atoms with van der Waals surface area (Å²) >= 11 is 0. The van der Waals surface area contributed by atoms with Gasteiger partial charge >= 0.3 is 6.03 Å². The molecule has 0 aromatic carbocycles. The lowest BCUT2D eigenvalue weighted by molar-refractivity contribution is 0.0256. The van der Waals surface area contributed by atoms with Crippen molar-refractivity contribution in [2.45, 2.75) is 37.8 Å². The van der Waals surface area contributed by atoms with E-state index in [1.807, 2.05) is 6.07 Å². The fourth-order valence-electron chi connectivity index (χ4n) is 4.05. The number of carbonyl (C=O) groups excluding carboxylic acids is 1. The van der Waals surface area contributed by atoms with E-state index in [1.54, 1.807) is 26.4 Å². The minimum Gasteiger partial charge on any atom is -0.493 e. The second-order valence-electron chi connectivity index (χ2n) is 7.57. The summed E-state index contributed by atoms with van der Waals surface area (Å²) in [6, 6.07) is 2.70. The minimum atomic E-state index is -1.05. The fourth-order valence-corrected chi connectivity index (χ4v) is 4.05. The molecule has 11 heteroatoms. The highest BCUT2D eigenvalue weighted by Crippen LogP contribution is 2.32. The molecule has 1 fully saturated rings. The van der Waals surface area contributed by atoms with Gasteiger partial charge in [-0.05, 0) is 6.07 Å². The van der Waals surface area contributed by atoms with Gasteiger partial charge in [0.25, 0.3) is 0 Å². The van der Waals surface area contributed by atoms with Crippen LogP contribution in [0.2, 0.25) is 0 Å². The van der Waals surface area contributed by atoms with Gasteiger partial charge in [-0.3, -0.25) is 4.98 Å². The fraction of sp³-hybridized carbons (Fsp3) is 0.400. The molecule has 0 saturated heterocycles. The number of ether oxygens (including phenoxy) is 2. The van der Waals surface area contributed by atoms with Crippen LogP contribution in [-0.4, -0.2) is 58.0 Å². The van der Waals surface area contributed by atoms with Crippen molar-refractivity contribution in [3.05, 3.63) is 30.4 Å². The largest absolute Gasteiger partial charge is 0.493 e. The number of aromatic nitrogens is 4. The van der Waals surface area contributed by atoms with Crippen LogP contribution in [0, 0.1) is 0 Å². The number of fused-ring (bicyclic) bond motifs is 4. The molecule has 1 saturated carbocycles. The number of nitrogens with zero attached hydrogens (tertiary/aromatic N) is 4. The minimum absolute atomic E-state index is 0.174. The van der Waals surface area contributed by atoms with Gasteiger partial charge in [0.1, 0.15) is 23.8 Å². The highest BCUT2D eigenvalue weighted by atomic mass is 19.1. The molecule has 0 radical (unpaired) electrons. The molecule has 4 heterocycles. The van der Waals surface area contributed by atoms with Crippen LogP contribution in [0.5, 0.6) is 5.75 Å². The number of amides is 1. The topological polar surface area (TPSA) is 115 Å². The molecule has 3 N–H and O–H groups in total. The summed E-state index contributed by atoms with van der Waals surface area (Å²) in [5, 5.41) is 9.19. The van der Waals surface area contributed by atoms with Gasteiger partial charge in [0.15, 0.2) is 11.4 Å². The first-order valence-corrected chi connectivity index (χ1v) is 9.98. The maximum Gasteiger partial charge on any atom is 0.328 e. The molecule has 3 aromatic heterocycles. The lowest BCUT2D eigenvalue weighted by atomic mass is 10.2. The number of imidazole rings is 1. The molecule has 4 bridgehead atoms. The number of halogens is 1. The number of nitrogens with one attached hydrogen (secondary N) is 3. The zero-order chi connectivity index (χ0) is 21.5. The summed E-state index contributed by atoms with van der Waals surface area (Å²) in [4.78, 5) is 26.3. The van der Waals surface area contributed by atoms with Crippen molar-refractivity contribution < 1.29 is 18.7 Å². The molecule has 3 atom stereocenters. The Hall–Kier alpha value is -3.47. The molecule has 2 aliphatic rings. The van der Waals surface area contributed by atoms with Gasteiger partial charge in [0.05, 0.1) is 49.1 Å². The Morgan fingerprint density at radius 3 is 3.00 bits per heavy atom. The molecule has 5 rings (SSSR count). The third kappa shape index (κ3) is 3.50.